The lowest BCUT2D eigenvalue weighted by Crippen LogP contribution is -2.31. The van der Waals surface area contributed by atoms with Gasteiger partial charge >= 0.3 is 5.30 Å². The average Bonchev–Trinajstić information content (AvgIpc) is 3.25. The number of nitrogens with zero attached hydrogens (tertiary/aromatic N) is 3. The van der Waals surface area contributed by atoms with Crippen molar-refractivity contribution in [2.45, 2.75) is 31.2 Å². The highest BCUT2D eigenvalue weighted by Crippen LogP contribution is 2.39. The Kier molecular flexibility index (Phi) is 5.44. The quantitative estimate of drug-likeness (QED) is 0.598. The van der Waals surface area contributed by atoms with Crippen LogP contribution in [-0.2, 0) is 34.1 Å². The predicted octanol–water partition coefficient (Wildman–Crippen LogP) is 3.33. The molecule has 0 radical (unpaired) electrons. The van der Waals surface area contributed by atoms with Gasteiger partial charge in [-0.3, -0.25) is 4.68 Å². The number of hydrogen-bond donors (Lipinski definition) is 0. The maximum atomic E-state index is 13.1. The first kappa shape index (κ1) is 19.3. The van der Waals surface area contributed by atoms with Crippen molar-refractivity contribution in [3.8, 4) is 0 Å². The van der Waals surface area contributed by atoms with Crippen LogP contribution in [-0.4, -0.2) is 28.7 Å². The molecule has 4 rings (SSSR count). The number of rotatable bonds is 5. The minimum Gasteiger partial charge on any atom is -0.449 e. The standard InChI is InChI=1S/C21H21N3O4S/c25-21(28-15-16-6-2-1-3-7-16)29(26,27)20-13-17(14-24-11-10-22-23-24)12-18-8-4-5-9-19(18)20/h1-11,17,20H,12-15H2. The monoisotopic (exact) mass is 411 g/mol. The topological polar surface area (TPSA) is 91.2 Å². The maximum Gasteiger partial charge on any atom is 0.425 e. The Morgan fingerprint density at radius 2 is 1.86 bits per heavy atom. The second-order valence-electron chi connectivity index (χ2n) is 7.19. The summed E-state index contributed by atoms with van der Waals surface area (Å²) in [5.74, 6) is 0.0216. The molecule has 0 N–H and O–H groups in total. The van der Waals surface area contributed by atoms with Gasteiger partial charge in [0.25, 0.3) is 9.84 Å². The van der Waals surface area contributed by atoms with E-state index in [0.29, 0.717) is 18.5 Å². The van der Waals surface area contributed by atoms with Gasteiger partial charge in [0.1, 0.15) is 6.61 Å². The number of carbonyl (C=O) groups is 1. The Hall–Kier alpha value is -3.00. The van der Waals surface area contributed by atoms with Crippen LogP contribution < -0.4 is 0 Å². The molecule has 0 saturated carbocycles. The molecule has 3 aromatic rings. The molecular weight excluding hydrogens is 390 g/mol. The second-order valence-corrected chi connectivity index (χ2v) is 9.18. The van der Waals surface area contributed by atoms with E-state index in [1.807, 2.05) is 30.3 Å². The minimum atomic E-state index is -4.16. The Labute approximate surface area is 169 Å². The van der Waals surface area contributed by atoms with Crippen molar-refractivity contribution in [2.75, 3.05) is 0 Å². The predicted molar refractivity (Wildman–Crippen MR) is 107 cm³/mol. The van der Waals surface area contributed by atoms with Crippen molar-refractivity contribution in [3.63, 3.8) is 0 Å². The van der Waals surface area contributed by atoms with E-state index in [-0.39, 0.29) is 12.5 Å². The third kappa shape index (κ3) is 4.22. The number of hydrogen-bond acceptors (Lipinski definition) is 6. The van der Waals surface area contributed by atoms with Gasteiger partial charge in [0, 0.05) is 12.7 Å². The van der Waals surface area contributed by atoms with E-state index in [9.17, 15) is 13.2 Å². The van der Waals surface area contributed by atoms with E-state index in [2.05, 4.69) is 10.3 Å². The smallest absolute Gasteiger partial charge is 0.425 e. The van der Waals surface area contributed by atoms with Crippen molar-refractivity contribution < 1.29 is 17.9 Å². The largest absolute Gasteiger partial charge is 0.449 e. The lowest BCUT2D eigenvalue weighted by molar-refractivity contribution is 0.165. The van der Waals surface area contributed by atoms with Crippen LogP contribution in [0.5, 0.6) is 0 Å². The molecular formula is C21H21N3O4S. The first-order chi connectivity index (χ1) is 14.0. The van der Waals surface area contributed by atoms with E-state index in [1.54, 1.807) is 41.3 Å². The number of carbonyl (C=O) groups excluding carboxylic acids is 1. The van der Waals surface area contributed by atoms with Gasteiger partial charge in [-0.05, 0) is 35.4 Å². The van der Waals surface area contributed by atoms with E-state index < -0.39 is 20.4 Å². The van der Waals surface area contributed by atoms with Gasteiger partial charge in [0.2, 0.25) is 0 Å². The lowest BCUT2D eigenvalue weighted by atomic mass is 9.83. The minimum absolute atomic E-state index is 0.0216. The fourth-order valence-corrected chi connectivity index (χ4v) is 5.35. The molecule has 1 aliphatic carbocycles. The van der Waals surface area contributed by atoms with E-state index >= 15 is 0 Å². The summed E-state index contributed by atoms with van der Waals surface area (Å²) >= 11 is 0. The highest BCUT2D eigenvalue weighted by molar-refractivity contribution is 8.05. The van der Waals surface area contributed by atoms with Gasteiger partial charge in [-0.25, -0.2) is 13.2 Å². The van der Waals surface area contributed by atoms with E-state index in [1.165, 1.54) is 0 Å². The third-order valence-electron chi connectivity index (χ3n) is 5.18. The zero-order chi connectivity index (χ0) is 20.3. The summed E-state index contributed by atoms with van der Waals surface area (Å²) in [6.45, 7) is 0.467. The summed E-state index contributed by atoms with van der Waals surface area (Å²) < 4.78 is 33.1. The zero-order valence-corrected chi connectivity index (χ0v) is 16.5. The molecule has 1 aromatic heterocycles. The molecule has 0 amide bonds. The molecule has 0 aliphatic heterocycles. The summed E-state index contributed by atoms with van der Waals surface area (Å²) in [6.07, 6.45) is 4.39. The SMILES string of the molecule is O=C(OCc1ccccc1)S(=O)(=O)C1CC(Cn2ccnn2)Cc2ccccc21. The maximum absolute atomic E-state index is 13.1. The highest BCUT2D eigenvalue weighted by Gasteiger charge is 2.41. The molecule has 2 aromatic carbocycles. The normalized spacial score (nSPS) is 18.8. The highest BCUT2D eigenvalue weighted by atomic mass is 32.2. The molecule has 0 bridgehead atoms. The van der Waals surface area contributed by atoms with Crippen LogP contribution >= 0.6 is 0 Å². The van der Waals surface area contributed by atoms with Gasteiger partial charge in [0.15, 0.2) is 0 Å². The van der Waals surface area contributed by atoms with Crippen molar-refractivity contribution >= 4 is 15.1 Å². The van der Waals surface area contributed by atoms with Gasteiger partial charge in [0.05, 0.1) is 11.4 Å². The zero-order valence-electron chi connectivity index (χ0n) is 15.7. The molecule has 0 spiro atoms. The fraction of sp³-hybridized carbons (Fsp3) is 0.286. The average molecular weight is 411 g/mol. The van der Waals surface area contributed by atoms with Gasteiger partial charge < -0.3 is 4.74 Å². The molecule has 0 saturated heterocycles. The molecule has 2 atom stereocenters. The van der Waals surface area contributed by atoms with Gasteiger partial charge in [-0.2, -0.15) is 0 Å². The molecule has 150 valence electrons. The third-order valence-corrected chi connectivity index (χ3v) is 6.96. The summed E-state index contributed by atoms with van der Waals surface area (Å²) in [6, 6.07) is 16.4. The molecule has 29 heavy (non-hydrogen) atoms. The van der Waals surface area contributed by atoms with E-state index in [4.69, 9.17) is 4.74 Å². The number of ether oxygens (including phenoxy) is 1. The molecule has 1 heterocycles. The molecule has 2 unspecified atom stereocenters. The Bertz CT molecular complexity index is 1080. The van der Waals surface area contributed by atoms with Gasteiger partial charge in [-0.1, -0.05) is 59.8 Å². The molecule has 7 nitrogen and oxygen atoms in total. The summed E-state index contributed by atoms with van der Waals surface area (Å²) in [5.41, 5.74) is 2.36. The first-order valence-corrected chi connectivity index (χ1v) is 10.9. The van der Waals surface area contributed by atoms with Crippen LogP contribution in [0.3, 0.4) is 0 Å². The second kappa shape index (κ2) is 8.16. The number of fused-ring (bicyclic) bond motifs is 1. The van der Waals surface area contributed by atoms with Crippen LogP contribution in [0.4, 0.5) is 4.79 Å². The van der Waals surface area contributed by atoms with Gasteiger partial charge in [-0.15, -0.1) is 5.10 Å². The Morgan fingerprint density at radius 3 is 2.62 bits per heavy atom. The first-order valence-electron chi connectivity index (χ1n) is 9.40. The van der Waals surface area contributed by atoms with Crippen LogP contribution in [0, 0.1) is 5.92 Å². The van der Waals surface area contributed by atoms with E-state index in [0.717, 1.165) is 17.5 Å². The fourth-order valence-electron chi connectivity index (χ4n) is 3.80. The Balaban J connectivity index is 1.56. The van der Waals surface area contributed by atoms with Crippen LogP contribution in [0.15, 0.2) is 67.0 Å². The number of aromatic nitrogens is 3. The molecule has 0 fully saturated rings. The van der Waals surface area contributed by atoms with Crippen molar-refractivity contribution in [1.29, 1.82) is 0 Å². The van der Waals surface area contributed by atoms with Crippen molar-refractivity contribution in [3.05, 3.63) is 83.7 Å². The van der Waals surface area contributed by atoms with Crippen LogP contribution in [0.2, 0.25) is 0 Å². The summed E-state index contributed by atoms with van der Waals surface area (Å²) in [4.78, 5) is 12.5. The summed E-state index contributed by atoms with van der Waals surface area (Å²) in [5, 5.41) is 5.67. The number of benzene rings is 2. The lowest BCUT2D eigenvalue weighted by Gasteiger charge is -2.30. The summed E-state index contributed by atoms with van der Waals surface area (Å²) in [7, 11) is -4.16. The van der Waals surface area contributed by atoms with Crippen LogP contribution in [0.1, 0.15) is 28.4 Å². The molecule has 1 aliphatic rings. The van der Waals surface area contributed by atoms with Crippen molar-refractivity contribution in [1.82, 2.24) is 15.0 Å². The number of sulfone groups is 1. The molecule has 8 heteroatoms. The van der Waals surface area contributed by atoms with Crippen LogP contribution in [0.25, 0.3) is 0 Å². The Morgan fingerprint density at radius 1 is 1.10 bits per heavy atom. The van der Waals surface area contributed by atoms with Crippen molar-refractivity contribution in [2.24, 2.45) is 5.92 Å².